The van der Waals surface area contributed by atoms with Gasteiger partial charge in [-0.3, -0.25) is 9.69 Å². The van der Waals surface area contributed by atoms with Gasteiger partial charge in [0, 0.05) is 12.1 Å². The molecule has 110 valence electrons. The largest absolute Gasteiger partial charge is 0.299 e. The summed E-state index contributed by atoms with van der Waals surface area (Å²) in [5.41, 5.74) is 4.41. The quantitative estimate of drug-likeness (QED) is 0.753. The number of aryl methyl sites for hydroxylation is 2. The zero-order valence-electron chi connectivity index (χ0n) is 13.1. The first-order chi connectivity index (χ1) is 10.1. The number of carbonyl (C=O) groups is 1. The predicted molar refractivity (Wildman–Crippen MR) is 87.9 cm³/mol. The lowest BCUT2D eigenvalue weighted by Crippen LogP contribution is -2.28. The van der Waals surface area contributed by atoms with E-state index in [0.717, 1.165) is 24.1 Å². The Balaban J connectivity index is 1.90. The number of Topliss-reactive ketones (excluding diaryl/α,β-unsaturated/α-hetero) is 1. The van der Waals surface area contributed by atoms with Gasteiger partial charge in [-0.05, 0) is 38.4 Å². The van der Waals surface area contributed by atoms with Crippen molar-refractivity contribution in [3.05, 3.63) is 70.8 Å². The van der Waals surface area contributed by atoms with E-state index in [1.807, 2.05) is 39.1 Å². The molecule has 0 N–H and O–H groups in total. The third-order valence-corrected chi connectivity index (χ3v) is 3.72. The summed E-state index contributed by atoms with van der Waals surface area (Å²) in [5.74, 6) is 0.197. The molecule has 0 heterocycles. The minimum atomic E-state index is 0.197. The Hall–Kier alpha value is -1.93. The van der Waals surface area contributed by atoms with Gasteiger partial charge >= 0.3 is 0 Å². The van der Waals surface area contributed by atoms with Crippen LogP contribution in [0, 0.1) is 13.8 Å². The number of ketones is 1. The van der Waals surface area contributed by atoms with E-state index < -0.39 is 0 Å². The summed E-state index contributed by atoms with van der Waals surface area (Å²) in [5, 5.41) is 0. The smallest absolute Gasteiger partial charge is 0.177 e. The summed E-state index contributed by atoms with van der Waals surface area (Å²) < 4.78 is 0. The minimum absolute atomic E-state index is 0.197. The highest BCUT2D eigenvalue weighted by atomic mass is 16.1. The summed E-state index contributed by atoms with van der Waals surface area (Å²) in [6.45, 7) is 5.41. The first kappa shape index (κ1) is 15.5. The highest BCUT2D eigenvalue weighted by Gasteiger charge is 2.11. The maximum Gasteiger partial charge on any atom is 0.177 e. The van der Waals surface area contributed by atoms with Crippen LogP contribution >= 0.6 is 0 Å². The van der Waals surface area contributed by atoms with Crippen LogP contribution in [0.3, 0.4) is 0 Å². The molecule has 0 aromatic heterocycles. The van der Waals surface area contributed by atoms with Crippen LogP contribution in [0.15, 0.2) is 48.5 Å². The number of hydrogen-bond donors (Lipinski definition) is 0. The molecule has 0 amide bonds. The molecule has 0 saturated carbocycles. The van der Waals surface area contributed by atoms with Crippen LogP contribution in [0.1, 0.15) is 27.0 Å². The number of hydrogen-bond acceptors (Lipinski definition) is 2. The fourth-order valence-corrected chi connectivity index (χ4v) is 2.50. The summed E-state index contributed by atoms with van der Waals surface area (Å²) in [6.07, 6.45) is 0.970. The van der Waals surface area contributed by atoms with Crippen molar-refractivity contribution < 1.29 is 4.79 Å². The normalized spacial score (nSPS) is 10.9. The fourth-order valence-electron chi connectivity index (χ4n) is 2.50. The Kier molecular flexibility index (Phi) is 5.29. The maximum atomic E-state index is 12.4. The van der Waals surface area contributed by atoms with Gasteiger partial charge in [0.15, 0.2) is 5.78 Å². The predicted octanol–water partition coefficient (Wildman–Crippen LogP) is 3.66. The van der Waals surface area contributed by atoms with Crippen molar-refractivity contribution in [2.24, 2.45) is 0 Å². The van der Waals surface area contributed by atoms with E-state index in [-0.39, 0.29) is 5.78 Å². The van der Waals surface area contributed by atoms with Crippen molar-refractivity contribution in [2.45, 2.75) is 20.3 Å². The van der Waals surface area contributed by atoms with Crippen molar-refractivity contribution in [1.29, 1.82) is 0 Å². The fraction of sp³-hybridized carbons (Fsp3) is 0.316. The van der Waals surface area contributed by atoms with Crippen molar-refractivity contribution >= 4 is 5.78 Å². The monoisotopic (exact) mass is 281 g/mol. The van der Waals surface area contributed by atoms with Gasteiger partial charge in [0.05, 0.1) is 6.54 Å². The van der Waals surface area contributed by atoms with Crippen LogP contribution in [0.2, 0.25) is 0 Å². The van der Waals surface area contributed by atoms with E-state index in [4.69, 9.17) is 0 Å². The van der Waals surface area contributed by atoms with E-state index in [2.05, 4.69) is 35.2 Å². The van der Waals surface area contributed by atoms with Crippen LogP contribution in [0.5, 0.6) is 0 Å². The molecule has 0 aliphatic rings. The average Bonchev–Trinajstić information content (AvgIpc) is 2.46. The third-order valence-electron chi connectivity index (χ3n) is 3.72. The lowest BCUT2D eigenvalue weighted by atomic mass is 10.0. The van der Waals surface area contributed by atoms with Crippen molar-refractivity contribution in [2.75, 3.05) is 20.1 Å². The number of likely N-dealkylation sites (N-methyl/N-ethyl adjacent to an activating group) is 1. The molecule has 0 saturated heterocycles. The topological polar surface area (TPSA) is 20.3 Å². The Morgan fingerprint density at radius 2 is 1.76 bits per heavy atom. The number of nitrogens with zero attached hydrogens (tertiary/aromatic N) is 1. The molecule has 0 atom stereocenters. The van der Waals surface area contributed by atoms with E-state index in [9.17, 15) is 4.79 Å². The lowest BCUT2D eigenvalue weighted by Gasteiger charge is -2.16. The minimum Gasteiger partial charge on any atom is -0.299 e. The van der Waals surface area contributed by atoms with Crippen molar-refractivity contribution in [3.8, 4) is 0 Å². The van der Waals surface area contributed by atoms with Gasteiger partial charge < -0.3 is 0 Å². The number of rotatable bonds is 6. The third kappa shape index (κ3) is 4.54. The van der Waals surface area contributed by atoms with Crippen LogP contribution in [0.4, 0.5) is 0 Å². The lowest BCUT2D eigenvalue weighted by molar-refractivity contribution is 0.0946. The van der Waals surface area contributed by atoms with Gasteiger partial charge in [-0.1, -0.05) is 54.1 Å². The van der Waals surface area contributed by atoms with Gasteiger partial charge in [-0.2, -0.15) is 0 Å². The van der Waals surface area contributed by atoms with E-state index in [1.165, 1.54) is 11.1 Å². The van der Waals surface area contributed by atoms with Gasteiger partial charge in [0.25, 0.3) is 0 Å². The molecule has 0 aliphatic heterocycles. The second kappa shape index (κ2) is 7.19. The Labute approximate surface area is 127 Å². The highest BCUT2D eigenvalue weighted by Crippen LogP contribution is 2.12. The summed E-state index contributed by atoms with van der Waals surface area (Å²) in [7, 11) is 2.00. The van der Waals surface area contributed by atoms with E-state index in [0.29, 0.717) is 6.54 Å². The molecule has 0 bridgehead atoms. The molecular weight excluding hydrogens is 258 g/mol. The molecule has 0 spiro atoms. The van der Waals surface area contributed by atoms with E-state index >= 15 is 0 Å². The second-order valence-electron chi connectivity index (χ2n) is 5.71. The molecule has 21 heavy (non-hydrogen) atoms. The Bertz CT molecular complexity index is 604. The number of benzene rings is 2. The maximum absolute atomic E-state index is 12.4. The van der Waals surface area contributed by atoms with Crippen molar-refractivity contribution in [1.82, 2.24) is 4.90 Å². The van der Waals surface area contributed by atoms with Gasteiger partial charge in [-0.15, -0.1) is 0 Å². The summed E-state index contributed by atoms with van der Waals surface area (Å²) >= 11 is 0. The van der Waals surface area contributed by atoms with Crippen LogP contribution in [0.25, 0.3) is 0 Å². The molecule has 2 heteroatoms. The molecule has 0 aliphatic carbocycles. The molecule has 0 unspecified atom stereocenters. The van der Waals surface area contributed by atoms with Crippen LogP contribution < -0.4 is 0 Å². The SMILES string of the molecule is Cc1ccc(C(=O)CN(C)CCc2ccccc2)c(C)c1. The van der Waals surface area contributed by atoms with Crippen LogP contribution in [-0.4, -0.2) is 30.8 Å². The zero-order chi connectivity index (χ0) is 15.2. The first-order valence-electron chi connectivity index (χ1n) is 7.39. The molecule has 2 rings (SSSR count). The standard InChI is InChI=1S/C19H23NO/c1-15-9-10-18(16(2)13-15)19(21)14-20(3)12-11-17-7-5-4-6-8-17/h4-10,13H,11-12,14H2,1-3H3. The molecule has 0 fully saturated rings. The van der Waals surface area contributed by atoms with Gasteiger partial charge in [-0.25, -0.2) is 0 Å². The molecular formula is C19H23NO. The molecule has 2 nitrogen and oxygen atoms in total. The first-order valence-corrected chi connectivity index (χ1v) is 7.39. The van der Waals surface area contributed by atoms with Crippen molar-refractivity contribution in [3.63, 3.8) is 0 Å². The molecule has 2 aromatic carbocycles. The van der Waals surface area contributed by atoms with Crippen LogP contribution in [-0.2, 0) is 6.42 Å². The average molecular weight is 281 g/mol. The van der Waals surface area contributed by atoms with Gasteiger partial charge in [0.1, 0.15) is 0 Å². The number of carbonyl (C=O) groups excluding carboxylic acids is 1. The van der Waals surface area contributed by atoms with Gasteiger partial charge in [0.2, 0.25) is 0 Å². The molecule has 0 radical (unpaired) electrons. The van der Waals surface area contributed by atoms with E-state index in [1.54, 1.807) is 0 Å². The summed E-state index contributed by atoms with van der Waals surface area (Å²) in [6, 6.07) is 16.4. The highest BCUT2D eigenvalue weighted by molar-refractivity contribution is 5.98. The molecule has 2 aromatic rings. The Morgan fingerprint density at radius 3 is 2.43 bits per heavy atom. The Morgan fingerprint density at radius 1 is 1.05 bits per heavy atom. The zero-order valence-corrected chi connectivity index (χ0v) is 13.1. The summed E-state index contributed by atoms with van der Waals surface area (Å²) in [4.78, 5) is 14.4. The second-order valence-corrected chi connectivity index (χ2v) is 5.71.